The Morgan fingerprint density at radius 1 is 1.06 bits per heavy atom. The van der Waals surface area contributed by atoms with Crippen LogP contribution in [0.3, 0.4) is 0 Å². The van der Waals surface area contributed by atoms with Gasteiger partial charge in [0.15, 0.2) is 0 Å². The Morgan fingerprint density at radius 2 is 1.69 bits per heavy atom. The molecule has 3 rings (SSSR count). The monoisotopic (exact) mass is 517 g/mol. The topological polar surface area (TPSA) is 86.8 Å². The van der Waals surface area contributed by atoms with Crippen LogP contribution in [0, 0.1) is 19.7 Å². The van der Waals surface area contributed by atoms with Gasteiger partial charge in [-0.3, -0.25) is 13.9 Å². The third kappa shape index (κ3) is 7.29. The Balaban J connectivity index is 1.88. The highest BCUT2D eigenvalue weighted by atomic mass is 32.2. The van der Waals surface area contributed by atoms with E-state index in [9.17, 15) is 22.4 Å². The number of nitrogens with one attached hydrogen (secondary N) is 1. The molecule has 2 aromatic carbocycles. The van der Waals surface area contributed by atoms with Crippen molar-refractivity contribution in [2.75, 3.05) is 17.1 Å². The standard InChI is InChI=1S/C27H36FN3O4S/c1-19-10-15-25(20(2)16-19)31(36(4,34)35)18-26(32)30(17-22-11-13-23(28)14-12-22)21(3)27(33)29-24-8-6-5-7-9-24/h10-16,21,24H,5-9,17-18H2,1-4H3,(H,29,33)/t21-/m1/s1. The molecule has 0 radical (unpaired) electrons. The van der Waals surface area contributed by atoms with E-state index < -0.39 is 34.3 Å². The Labute approximate surface area is 213 Å². The molecule has 0 heterocycles. The van der Waals surface area contributed by atoms with Crippen LogP contribution in [0.2, 0.25) is 0 Å². The zero-order valence-electron chi connectivity index (χ0n) is 21.5. The molecule has 0 unspecified atom stereocenters. The van der Waals surface area contributed by atoms with E-state index in [0.29, 0.717) is 11.3 Å². The predicted molar refractivity (Wildman–Crippen MR) is 140 cm³/mol. The Kier molecular flexibility index (Phi) is 9.11. The van der Waals surface area contributed by atoms with Gasteiger partial charge in [0.2, 0.25) is 21.8 Å². The minimum atomic E-state index is -3.79. The van der Waals surface area contributed by atoms with Crippen LogP contribution in [-0.4, -0.2) is 50.0 Å². The van der Waals surface area contributed by atoms with Gasteiger partial charge < -0.3 is 10.2 Å². The van der Waals surface area contributed by atoms with Crippen LogP contribution < -0.4 is 9.62 Å². The number of carbonyl (C=O) groups excluding carboxylic acids is 2. The summed E-state index contributed by atoms with van der Waals surface area (Å²) in [4.78, 5) is 28.1. The molecule has 1 aliphatic carbocycles. The maximum Gasteiger partial charge on any atom is 0.244 e. The van der Waals surface area contributed by atoms with Gasteiger partial charge in [-0.2, -0.15) is 0 Å². The van der Waals surface area contributed by atoms with E-state index in [4.69, 9.17) is 0 Å². The first-order valence-corrected chi connectivity index (χ1v) is 14.2. The Morgan fingerprint density at radius 3 is 2.28 bits per heavy atom. The summed E-state index contributed by atoms with van der Waals surface area (Å²) in [5.41, 5.74) is 2.75. The molecule has 0 saturated heterocycles. The quantitative estimate of drug-likeness (QED) is 0.543. The molecule has 1 saturated carbocycles. The first-order valence-electron chi connectivity index (χ1n) is 12.3. The first-order chi connectivity index (χ1) is 17.0. The average Bonchev–Trinajstić information content (AvgIpc) is 2.82. The first kappa shape index (κ1) is 27.6. The van der Waals surface area contributed by atoms with Gasteiger partial charge >= 0.3 is 0 Å². The van der Waals surface area contributed by atoms with E-state index in [1.807, 2.05) is 13.0 Å². The minimum absolute atomic E-state index is 0.0445. The van der Waals surface area contributed by atoms with Crippen molar-refractivity contribution in [2.45, 2.75) is 71.5 Å². The van der Waals surface area contributed by atoms with E-state index in [1.165, 1.54) is 17.0 Å². The molecule has 7 nitrogen and oxygen atoms in total. The van der Waals surface area contributed by atoms with Gasteiger partial charge in [-0.15, -0.1) is 0 Å². The summed E-state index contributed by atoms with van der Waals surface area (Å²) < 4.78 is 40.0. The summed E-state index contributed by atoms with van der Waals surface area (Å²) in [6.45, 7) is 4.93. The van der Waals surface area contributed by atoms with Crippen LogP contribution in [0.15, 0.2) is 42.5 Å². The van der Waals surface area contributed by atoms with E-state index in [0.717, 1.165) is 53.8 Å². The van der Waals surface area contributed by atoms with Gasteiger partial charge in [0, 0.05) is 12.6 Å². The van der Waals surface area contributed by atoms with E-state index in [1.54, 1.807) is 38.1 Å². The van der Waals surface area contributed by atoms with Crippen LogP contribution in [0.1, 0.15) is 55.7 Å². The zero-order chi connectivity index (χ0) is 26.5. The minimum Gasteiger partial charge on any atom is -0.352 e. The number of amides is 2. The van der Waals surface area contributed by atoms with Crippen molar-refractivity contribution in [2.24, 2.45) is 0 Å². The molecule has 1 N–H and O–H groups in total. The predicted octanol–water partition coefficient (Wildman–Crippen LogP) is 4.07. The fourth-order valence-corrected chi connectivity index (χ4v) is 5.52. The van der Waals surface area contributed by atoms with Gasteiger partial charge in [-0.05, 0) is 62.9 Å². The molecular formula is C27H36FN3O4S. The molecule has 0 spiro atoms. The number of rotatable bonds is 9. The van der Waals surface area contributed by atoms with E-state index in [-0.39, 0.29) is 18.5 Å². The highest BCUT2D eigenvalue weighted by Gasteiger charge is 2.31. The fourth-order valence-electron chi connectivity index (χ4n) is 4.62. The number of aryl methyl sites for hydroxylation is 2. The second kappa shape index (κ2) is 11.9. The van der Waals surface area contributed by atoms with Crippen LogP contribution in [0.25, 0.3) is 0 Å². The molecule has 2 aromatic rings. The normalized spacial score (nSPS) is 15.2. The molecule has 0 aromatic heterocycles. The lowest BCUT2D eigenvalue weighted by atomic mass is 9.95. The van der Waals surface area contributed by atoms with Gasteiger partial charge in [-0.25, -0.2) is 12.8 Å². The van der Waals surface area contributed by atoms with Crippen molar-refractivity contribution in [1.82, 2.24) is 10.2 Å². The zero-order valence-corrected chi connectivity index (χ0v) is 22.3. The SMILES string of the molecule is Cc1ccc(N(CC(=O)N(Cc2ccc(F)cc2)[C@H](C)C(=O)NC2CCCCC2)S(C)(=O)=O)c(C)c1. The highest BCUT2D eigenvalue weighted by molar-refractivity contribution is 7.92. The largest absolute Gasteiger partial charge is 0.352 e. The smallest absolute Gasteiger partial charge is 0.244 e. The number of sulfonamides is 1. The van der Waals surface area contributed by atoms with Gasteiger partial charge in [-0.1, -0.05) is 49.1 Å². The van der Waals surface area contributed by atoms with Gasteiger partial charge in [0.05, 0.1) is 11.9 Å². The number of carbonyl (C=O) groups is 2. The molecular weight excluding hydrogens is 481 g/mol. The van der Waals surface area contributed by atoms with Crippen molar-refractivity contribution < 1.29 is 22.4 Å². The summed E-state index contributed by atoms with van der Waals surface area (Å²) in [7, 11) is -3.79. The molecule has 1 fully saturated rings. The maximum atomic E-state index is 13.6. The van der Waals surface area contributed by atoms with Crippen molar-refractivity contribution in [3.05, 3.63) is 65.0 Å². The summed E-state index contributed by atoms with van der Waals surface area (Å²) in [5.74, 6) is -1.20. The van der Waals surface area contributed by atoms with Crippen molar-refractivity contribution >= 4 is 27.5 Å². The lowest BCUT2D eigenvalue weighted by Crippen LogP contribution is -2.53. The number of hydrogen-bond acceptors (Lipinski definition) is 4. The number of anilines is 1. The summed E-state index contributed by atoms with van der Waals surface area (Å²) in [6.07, 6.45) is 6.12. The molecule has 2 amide bonds. The molecule has 0 bridgehead atoms. The number of nitrogens with zero attached hydrogens (tertiary/aromatic N) is 2. The second-order valence-corrected chi connectivity index (χ2v) is 11.6. The van der Waals surface area contributed by atoms with Crippen molar-refractivity contribution in [3.8, 4) is 0 Å². The molecule has 9 heteroatoms. The lowest BCUT2D eigenvalue weighted by Gasteiger charge is -2.33. The van der Waals surface area contributed by atoms with Crippen LogP contribution in [-0.2, 0) is 26.2 Å². The number of halogens is 1. The van der Waals surface area contributed by atoms with Crippen molar-refractivity contribution in [3.63, 3.8) is 0 Å². The van der Waals surface area contributed by atoms with Crippen molar-refractivity contribution in [1.29, 1.82) is 0 Å². The summed E-state index contributed by atoms with van der Waals surface area (Å²) in [5, 5.41) is 3.05. The number of benzene rings is 2. The van der Waals surface area contributed by atoms with Gasteiger partial charge in [0.25, 0.3) is 0 Å². The summed E-state index contributed by atoms with van der Waals surface area (Å²) >= 11 is 0. The number of hydrogen-bond donors (Lipinski definition) is 1. The van der Waals surface area contributed by atoms with Gasteiger partial charge in [0.1, 0.15) is 18.4 Å². The third-order valence-corrected chi connectivity index (χ3v) is 7.81. The Hall–Kier alpha value is -2.94. The highest BCUT2D eigenvalue weighted by Crippen LogP contribution is 2.24. The van der Waals surface area contributed by atoms with Crippen LogP contribution >= 0.6 is 0 Å². The lowest BCUT2D eigenvalue weighted by molar-refractivity contribution is -0.139. The van der Waals surface area contributed by atoms with E-state index in [2.05, 4.69) is 5.32 Å². The summed E-state index contributed by atoms with van der Waals surface area (Å²) in [6, 6.07) is 10.3. The van der Waals surface area contributed by atoms with Crippen LogP contribution in [0.4, 0.5) is 10.1 Å². The maximum absolute atomic E-state index is 13.6. The average molecular weight is 518 g/mol. The molecule has 36 heavy (non-hydrogen) atoms. The van der Waals surface area contributed by atoms with E-state index >= 15 is 0 Å². The molecule has 1 aliphatic rings. The molecule has 196 valence electrons. The Bertz CT molecular complexity index is 1180. The molecule has 0 aliphatic heterocycles. The molecule has 1 atom stereocenters. The second-order valence-electron chi connectivity index (χ2n) is 9.73. The third-order valence-electron chi connectivity index (χ3n) is 6.69. The van der Waals surface area contributed by atoms with Crippen LogP contribution in [0.5, 0.6) is 0 Å². The fraction of sp³-hybridized carbons (Fsp3) is 0.481.